The zero-order chi connectivity index (χ0) is 16.5. The molecule has 0 saturated carbocycles. The third-order valence-corrected chi connectivity index (χ3v) is 4.06. The molecule has 1 aromatic carbocycles. The van der Waals surface area contributed by atoms with E-state index < -0.39 is 0 Å². The minimum absolute atomic E-state index is 0.443. The van der Waals surface area contributed by atoms with Gasteiger partial charge in [-0.15, -0.1) is 0 Å². The summed E-state index contributed by atoms with van der Waals surface area (Å²) < 4.78 is 7.45. The molecular weight excluding hydrogens is 304 g/mol. The minimum atomic E-state index is 0.443. The Bertz CT molecular complexity index is 913. The van der Waals surface area contributed by atoms with E-state index in [0.29, 0.717) is 11.7 Å². The topological polar surface area (TPSA) is 91.2 Å². The number of aliphatic imine (C=N–C) groups is 1. The van der Waals surface area contributed by atoms with Crippen LogP contribution in [0.25, 0.3) is 22.3 Å². The monoisotopic (exact) mass is 322 g/mol. The first-order valence-electron chi connectivity index (χ1n) is 8.03. The number of benzene rings is 1. The molecule has 2 N–H and O–H groups in total. The minimum Gasteiger partial charge on any atom is -0.477 e. The second kappa shape index (κ2) is 5.92. The van der Waals surface area contributed by atoms with Gasteiger partial charge < -0.3 is 10.5 Å². The Balaban J connectivity index is 1.79. The van der Waals surface area contributed by atoms with Crippen LogP contribution >= 0.6 is 0 Å². The summed E-state index contributed by atoms with van der Waals surface area (Å²) in [5.41, 5.74) is 9.55. The van der Waals surface area contributed by atoms with Crippen molar-refractivity contribution < 1.29 is 4.74 Å². The van der Waals surface area contributed by atoms with Crippen LogP contribution in [0.5, 0.6) is 0 Å². The van der Waals surface area contributed by atoms with Crippen LogP contribution in [0.4, 0.5) is 5.82 Å². The third kappa shape index (κ3) is 2.38. The van der Waals surface area contributed by atoms with Crippen LogP contribution in [0.1, 0.15) is 18.9 Å². The first kappa shape index (κ1) is 14.6. The number of nitrogens with zero attached hydrogens (tertiary/aromatic N) is 5. The van der Waals surface area contributed by atoms with Gasteiger partial charge in [-0.2, -0.15) is 5.10 Å². The predicted octanol–water partition coefficient (Wildman–Crippen LogP) is 2.26. The number of nitrogen functional groups attached to an aromatic ring is 1. The van der Waals surface area contributed by atoms with E-state index in [0.717, 1.165) is 54.0 Å². The number of fused-ring (bicyclic) bond motifs is 1. The first-order valence-corrected chi connectivity index (χ1v) is 8.03. The Kier molecular flexibility index (Phi) is 3.60. The maximum atomic E-state index is 6.07. The SMILES string of the molecule is CCn1nc(-c2ccc(C3=NCCCO3)cc2)c2c(N)ncnc21. The van der Waals surface area contributed by atoms with Gasteiger partial charge in [0.2, 0.25) is 5.90 Å². The molecular formula is C17H18N6O. The normalized spacial score (nSPS) is 14.5. The van der Waals surface area contributed by atoms with Gasteiger partial charge in [0.05, 0.1) is 12.0 Å². The summed E-state index contributed by atoms with van der Waals surface area (Å²) in [5.74, 6) is 1.15. The second-order valence-corrected chi connectivity index (χ2v) is 5.59. The fourth-order valence-corrected chi connectivity index (χ4v) is 2.86. The van der Waals surface area contributed by atoms with Crippen LogP contribution < -0.4 is 5.73 Å². The lowest BCUT2D eigenvalue weighted by atomic mass is 10.1. The zero-order valence-electron chi connectivity index (χ0n) is 13.4. The highest BCUT2D eigenvalue weighted by Crippen LogP contribution is 2.30. The molecule has 4 rings (SSSR count). The van der Waals surface area contributed by atoms with Crippen molar-refractivity contribution in [1.82, 2.24) is 19.7 Å². The van der Waals surface area contributed by atoms with E-state index in [1.54, 1.807) is 0 Å². The number of hydrogen-bond donors (Lipinski definition) is 1. The first-order chi connectivity index (χ1) is 11.8. The molecule has 0 bridgehead atoms. The molecule has 0 aliphatic carbocycles. The summed E-state index contributed by atoms with van der Waals surface area (Å²) in [6.45, 7) is 4.28. The van der Waals surface area contributed by atoms with Crippen LogP contribution in [-0.2, 0) is 11.3 Å². The Labute approximate surface area is 139 Å². The van der Waals surface area contributed by atoms with Gasteiger partial charge in [0, 0.05) is 30.6 Å². The van der Waals surface area contributed by atoms with Crippen molar-refractivity contribution >= 4 is 22.7 Å². The van der Waals surface area contributed by atoms with Crippen LogP contribution in [0, 0.1) is 0 Å². The molecule has 0 amide bonds. The van der Waals surface area contributed by atoms with Crippen molar-refractivity contribution in [2.24, 2.45) is 4.99 Å². The summed E-state index contributed by atoms with van der Waals surface area (Å²) in [4.78, 5) is 12.8. The van der Waals surface area contributed by atoms with Gasteiger partial charge in [-0.3, -0.25) is 4.99 Å². The van der Waals surface area contributed by atoms with Crippen LogP contribution in [-0.4, -0.2) is 38.8 Å². The molecule has 0 spiro atoms. The highest BCUT2D eigenvalue weighted by molar-refractivity contribution is 5.99. The summed E-state index contributed by atoms with van der Waals surface area (Å²) in [5, 5.41) is 5.44. The summed E-state index contributed by atoms with van der Waals surface area (Å²) in [6.07, 6.45) is 2.44. The van der Waals surface area contributed by atoms with E-state index >= 15 is 0 Å². The lowest BCUT2D eigenvalue weighted by Crippen LogP contribution is -2.14. The molecule has 3 heterocycles. The predicted molar refractivity (Wildman–Crippen MR) is 92.8 cm³/mol. The van der Waals surface area contributed by atoms with Crippen molar-refractivity contribution in [3.05, 3.63) is 36.2 Å². The molecule has 7 heteroatoms. The smallest absolute Gasteiger partial charge is 0.216 e. The summed E-state index contributed by atoms with van der Waals surface area (Å²) >= 11 is 0. The third-order valence-electron chi connectivity index (χ3n) is 4.06. The molecule has 7 nitrogen and oxygen atoms in total. The van der Waals surface area contributed by atoms with E-state index in [4.69, 9.17) is 10.5 Å². The Morgan fingerprint density at radius 2 is 1.96 bits per heavy atom. The van der Waals surface area contributed by atoms with Gasteiger partial charge in [-0.25, -0.2) is 14.6 Å². The van der Waals surface area contributed by atoms with Crippen LogP contribution in [0.2, 0.25) is 0 Å². The van der Waals surface area contributed by atoms with Gasteiger partial charge in [0.25, 0.3) is 0 Å². The fraction of sp³-hybridized carbons (Fsp3) is 0.294. The molecule has 0 saturated heterocycles. The van der Waals surface area contributed by atoms with Crippen LogP contribution in [0.15, 0.2) is 35.6 Å². The van der Waals surface area contributed by atoms with Gasteiger partial charge in [0.1, 0.15) is 17.8 Å². The van der Waals surface area contributed by atoms with Gasteiger partial charge >= 0.3 is 0 Å². The quantitative estimate of drug-likeness (QED) is 0.798. The molecule has 1 aliphatic rings. The number of hydrogen-bond acceptors (Lipinski definition) is 6. The number of nitrogens with two attached hydrogens (primary N) is 1. The largest absolute Gasteiger partial charge is 0.477 e. The standard InChI is InChI=1S/C17H18N6O/c1-2-23-16-13(15(18)20-10-21-16)14(22-23)11-4-6-12(7-5-11)17-19-8-3-9-24-17/h4-7,10H,2-3,8-9H2,1H3,(H2,18,20,21). The van der Waals surface area contributed by atoms with Crippen molar-refractivity contribution in [2.45, 2.75) is 19.9 Å². The lowest BCUT2D eigenvalue weighted by molar-refractivity contribution is 0.284. The molecule has 0 atom stereocenters. The molecule has 24 heavy (non-hydrogen) atoms. The van der Waals surface area contributed by atoms with Gasteiger partial charge in [-0.05, 0) is 19.1 Å². The van der Waals surface area contributed by atoms with Crippen molar-refractivity contribution in [1.29, 1.82) is 0 Å². The molecule has 1 aliphatic heterocycles. The maximum Gasteiger partial charge on any atom is 0.216 e. The lowest BCUT2D eigenvalue weighted by Gasteiger charge is -2.13. The Hall–Kier alpha value is -2.96. The van der Waals surface area contributed by atoms with E-state index in [9.17, 15) is 0 Å². The molecule has 3 aromatic rings. The van der Waals surface area contributed by atoms with Crippen LogP contribution in [0.3, 0.4) is 0 Å². The Morgan fingerprint density at radius 1 is 1.17 bits per heavy atom. The molecule has 2 aromatic heterocycles. The average Bonchev–Trinajstić information content (AvgIpc) is 3.03. The Morgan fingerprint density at radius 3 is 2.67 bits per heavy atom. The highest BCUT2D eigenvalue weighted by atomic mass is 16.5. The zero-order valence-corrected chi connectivity index (χ0v) is 13.4. The fourth-order valence-electron chi connectivity index (χ4n) is 2.86. The van der Waals surface area contributed by atoms with Gasteiger partial charge in [-0.1, -0.05) is 12.1 Å². The number of aromatic nitrogens is 4. The number of ether oxygens (including phenoxy) is 1. The molecule has 0 radical (unpaired) electrons. The number of rotatable bonds is 3. The molecule has 0 unspecified atom stereocenters. The van der Waals surface area contributed by atoms with Crippen molar-refractivity contribution in [2.75, 3.05) is 18.9 Å². The highest BCUT2D eigenvalue weighted by Gasteiger charge is 2.17. The average molecular weight is 322 g/mol. The second-order valence-electron chi connectivity index (χ2n) is 5.59. The molecule has 122 valence electrons. The van der Waals surface area contributed by atoms with E-state index in [2.05, 4.69) is 20.1 Å². The van der Waals surface area contributed by atoms with E-state index in [1.165, 1.54) is 6.33 Å². The van der Waals surface area contributed by atoms with E-state index in [1.807, 2.05) is 35.9 Å². The number of aryl methyl sites for hydroxylation is 1. The van der Waals surface area contributed by atoms with Crippen molar-refractivity contribution in [3.63, 3.8) is 0 Å². The van der Waals surface area contributed by atoms with Crippen molar-refractivity contribution in [3.8, 4) is 11.3 Å². The van der Waals surface area contributed by atoms with Gasteiger partial charge in [0.15, 0.2) is 5.65 Å². The van der Waals surface area contributed by atoms with E-state index in [-0.39, 0.29) is 0 Å². The number of anilines is 1. The molecule has 0 fully saturated rings. The maximum absolute atomic E-state index is 6.07. The summed E-state index contributed by atoms with van der Waals surface area (Å²) in [6, 6.07) is 8.00. The summed E-state index contributed by atoms with van der Waals surface area (Å²) in [7, 11) is 0.